The number of aromatic nitrogens is 3. The van der Waals surface area contributed by atoms with Crippen LogP contribution in [0.25, 0.3) is 5.69 Å². The van der Waals surface area contributed by atoms with Gasteiger partial charge in [-0.3, -0.25) is 4.57 Å². The van der Waals surface area contributed by atoms with Crippen molar-refractivity contribution >= 4 is 22.9 Å². The van der Waals surface area contributed by atoms with Crippen LogP contribution in [0.1, 0.15) is 5.82 Å². The SMILES string of the molecule is Br.NC(N)=NCc1nncn1-c1ccccc1. The zero-order valence-corrected chi connectivity index (χ0v) is 10.7. The van der Waals surface area contributed by atoms with Gasteiger partial charge in [0.1, 0.15) is 12.9 Å². The van der Waals surface area contributed by atoms with E-state index in [2.05, 4.69) is 15.2 Å². The van der Waals surface area contributed by atoms with Gasteiger partial charge in [-0.15, -0.1) is 27.2 Å². The normalized spacial score (nSPS) is 9.41. The smallest absolute Gasteiger partial charge is 0.186 e. The lowest BCUT2D eigenvalue weighted by Gasteiger charge is -2.03. The zero-order valence-electron chi connectivity index (χ0n) is 9.02. The Labute approximate surface area is 109 Å². The van der Waals surface area contributed by atoms with Gasteiger partial charge in [0.15, 0.2) is 11.8 Å². The molecule has 0 aliphatic rings. The molecule has 90 valence electrons. The van der Waals surface area contributed by atoms with E-state index < -0.39 is 0 Å². The number of nitrogens with zero attached hydrogens (tertiary/aromatic N) is 4. The number of para-hydroxylation sites is 1. The minimum atomic E-state index is 0. The number of aliphatic imine (C=N–C) groups is 1. The maximum Gasteiger partial charge on any atom is 0.186 e. The predicted molar refractivity (Wildman–Crippen MR) is 71.2 cm³/mol. The third-order valence-corrected chi connectivity index (χ3v) is 2.06. The van der Waals surface area contributed by atoms with E-state index in [0.29, 0.717) is 12.4 Å². The number of hydrogen-bond acceptors (Lipinski definition) is 3. The van der Waals surface area contributed by atoms with Crippen molar-refractivity contribution in [2.75, 3.05) is 0 Å². The van der Waals surface area contributed by atoms with E-state index in [1.807, 2.05) is 34.9 Å². The number of guanidine groups is 1. The van der Waals surface area contributed by atoms with Crippen molar-refractivity contribution in [2.45, 2.75) is 6.54 Å². The van der Waals surface area contributed by atoms with Crippen LogP contribution in [0.3, 0.4) is 0 Å². The number of halogens is 1. The number of hydrogen-bond donors (Lipinski definition) is 2. The Kier molecular flexibility index (Phi) is 4.65. The number of benzene rings is 1. The molecule has 6 nitrogen and oxygen atoms in total. The van der Waals surface area contributed by atoms with Gasteiger partial charge < -0.3 is 11.5 Å². The maximum atomic E-state index is 5.27. The van der Waals surface area contributed by atoms with Crippen molar-refractivity contribution in [3.63, 3.8) is 0 Å². The van der Waals surface area contributed by atoms with E-state index in [-0.39, 0.29) is 22.9 Å². The van der Waals surface area contributed by atoms with Crippen LogP contribution in [0.2, 0.25) is 0 Å². The molecule has 17 heavy (non-hydrogen) atoms. The van der Waals surface area contributed by atoms with Gasteiger partial charge in [0.05, 0.1) is 0 Å². The fraction of sp³-hybridized carbons (Fsp3) is 0.100. The Balaban J connectivity index is 0.00000144. The average molecular weight is 297 g/mol. The van der Waals surface area contributed by atoms with E-state index in [0.717, 1.165) is 5.69 Å². The molecule has 0 spiro atoms. The molecule has 0 saturated heterocycles. The quantitative estimate of drug-likeness (QED) is 0.641. The third-order valence-electron chi connectivity index (χ3n) is 2.06. The summed E-state index contributed by atoms with van der Waals surface area (Å²) < 4.78 is 1.84. The Bertz CT molecular complexity index is 489. The number of rotatable bonds is 3. The van der Waals surface area contributed by atoms with Gasteiger partial charge in [-0.25, -0.2) is 4.99 Å². The van der Waals surface area contributed by atoms with E-state index in [1.54, 1.807) is 6.33 Å². The summed E-state index contributed by atoms with van der Waals surface area (Å²) in [7, 11) is 0. The second-order valence-corrected chi connectivity index (χ2v) is 3.19. The van der Waals surface area contributed by atoms with Crippen LogP contribution < -0.4 is 11.5 Å². The molecule has 0 saturated carbocycles. The highest BCUT2D eigenvalue weighted by Crippen LogP contribution is 2.09. The average Bonchev–Trinajstić information content (AvgIpc) is 2.75. The molecule has 2 rings (SSSR count). The molecule has 0 aliphatic carbocycles. The summed E-state index contributed by atoms with van der Waals surface area (Å²) in [6.45, 7) is 0.317. The van der Waals surface area contributed by atoms with Crippen LogP contribution in [-0.4, -0.2) is 20.7 Å². The predicted octanol–water partition coefficient (Wildman–Crippen LogP) is 0.619. The summed E-state index contributed by atoms with van der Waals surface area (Å²) in [4.78, 5) is 3.90. The highest BCUT2D eigenvalue weighted by molar-refractivity contribution is 8.93. The first-order valence-electron chi connectivity index (χ1n) is 4.77. The van der Waals surface area contributed by atoms with Crippen LogP contribution in [-0.2, 0) is 6.54 Å². The van der Waals surface area contributed by atoms with E-state index in [1.165, 1.54) is 0 Å². The fourth-order valence-electron chi connectivity index (χ4n) is 1.33. The molecule has 0 bridgehead atoms. The molecule has 2 aromatic rings. The van der Waals surface area contributed by atoms with Gasteiger partial charge in [0.2, 0.25) is 0 Å². The van der Waals surface area contributed by atoms with Crippen molar-refractivity contribution in [2.24, 2.45) is 16.5 Å². The van der Waals surface area contributed by atoms with Gasteiger partial charge in [0.25, 0.3) is 0 Å². The van der Waals surface area contributed by atoms with Crippen molar-refractivity contribution < 1.29 is 0 Å². The van der Waals surface area contributed by atoms with Crippen LogP contribution >= 0.6 is 17.0 Å². The summed E-state index contributed by atoms with van der Waals surface area (Å²) in [5, 5.41) is 7.80. The van der Waals surface area contributed by atoms with Gasteiger partial charge in [0, 0.05) is 5.69 Å². The lowest BCUT2D eigenvalue weighted by molar-refractivity contribution is 0.857. The largest absolute Gasteiger partial charge is 0.370 e. The van der Waals surface area contributed by atoms with Crippen LogP contribution in [0, 0.1) is 0 Å². The topological polar surface area (TPSA) is 95.1 Å². The minimum absolute atomic E-state index is 0. The zero-order chi connectivity index (χ0) is 11.4. The van der Waals surface area contributed by atoms with Gasteiger partial charge >= 0.3 is 0 Å². The van der Waals surface area contributed by atoms with E-state index in [4.69, 9.17) is 11.5 Å². The highest BCUT2D eigenvalue weighted by Gasteiger charge is 2.04. The lowest BCUT2D eigenvalue weighted by Crippen LogP contribution is -2.23. The summed E-state index contributed by atoms with van der Waals surface area (Å²) in [5.74, 6) is 0.738. The van der Waals surface area contributed by atoms with E-state index in [9.17, 15) is 0 Å². The van der Waals surface area contributed by atoms with E-state index >= 15 is 0 Å². The molecular formula is C10H13BrN6. The molecule has 1 aromatic carbocycles. The molecule has 0 radical (unpaired) electrons. The van der Waals surface area contributed by atoms with Gasteiger partial charge in [-0.05, 0) is 12.1 Å². The Hall–Kier alpha value is -1.89. The van der Waals surface area contributed by atoms with Crippen LogP contribution in [0.15, 0.2) is 41.7 Å². The fourth-order valence-corrected chi connectivity index (χ4v) is 1.33. The summed E-state index contributed by atoms with van der Waals surface area (Å²) in [6.07, 6.45) is 1.63. The van der Waals surface area contributed by atoms with Gasteiger partial charge in [-0.2, -0.15) is 0 Å². The summed E-state index contributed by atoms with van der Waals surface area (Å²) >= 11 is 0. The Morgan fingerprint density at radius 1 is 1.24 bits per heavy atom. The third kappa shape index (κ3) is 3.28. The van der Waals surface area contributed by atoms with Crippen molar-refractivity contribution in [1.29, 1.82) is 0 Å². The molecule has 7 heteroatoms. The second-order valence-electron chi connectivity index (χ2n) is 3.19. The molecular weight excluding hydrogens is 284 g/mol. The second kappa shape index (κ2) is 6.00. The maximum absolute atomic E-state index is 5.27. The Morgan fingerprint density at radius 2 is 1.94 bits per heavy atom. The lowest BCUT2D eigenvalue weighted by atomic mass is 10.3. The van der Waals surface area contributed by atoms with Crippen LogP contribution in [0.4, 0.5) is 0 Å². The van der Waals surface area contributed by atoms with Crippen LogP contribution in [0.5, 0.6) is 0 Å². The molecule has 0 unspecified atom stereocenters. The number of nitrogens with two attached hydrogens (primary N) is 2. The molecule has 4 N–H and O–H groups in total. The first kappa shape index (κ1) is 13.2. The molecule has 0 fully saturated rings. The Morgan fingerprint density at radius 3 is 2.59 bits per heavy atom. The van der Waals surface area contributed by atoms with Crippen molar-refractivity contribution in [3.8, 4) is 5.69 Å². The molecule has 1 heterocycles. The molecule has 0 atom stereocenters. The summed E-state index contributed by atoms with van der Waals surface area (Å²) in [6, 6.07) is 9.76. The minimum Gasteiger partial charge on any atom is -0.370 e. The molecule has 1 aromatic heterocycles. The standard InChI is InChI=1S/C10H12N6.BrH/c11-10(12)13-6-9-15-14-7-16(9)8-4-2-1-3-5-8;/h1-5,7H,6H2,(H4,11,12,13);1H. The van der Waals surface area contributed by atoms with Crippen molar-refractivity contribution in [1.82, 2.24) is 14.8 Å². The molecule has 0 aliphatic heterocycles. The monoisotopic (exact) mass is 296 g/mol. The highest BCUT2D eigenvalue weighted by atomic mass is 79.9. The first-order chi connectivity index (χ1) is 7.77. The summed E-state index contributed by atoms with van der Waals surface area (Å²) in [5.41, 5.74) is 11.5. The van der Waals surface area contributed by atoms with Gasteiger partial charge in [-0.1, -0.05) is 18.2 Å². The first-order valence-corrected chi connectivity index (χ1v) is 4.77. The molecule has 0 amide bonds. The van der Waals surface area contributed by atoms with Crippen molar-refractivity contribution in [3.05, 3.63) is 42.5 Å².